The lowest BCUT2D eigenvalue weighted by Crippen LogP contribution is -1.91. The van der Waals surface area contributed by atoms with Crippen molar-refractivity contribution in [2.45, 2.75) is 0 Å². The lowest BCUT2D eigenvalue weighted by atomic mass is 10.6. The van der Waals surface area contributed by atoms with Crippen LogP contribution >= 0.6 is 0 Å². The largest absolute Gasteiger partial charge is 0.317 e. The maximum absolute atomic E-state index is 4.02. The number of hydrogen-bond acceptors (Lipinski definition) is 4. The van der Waals surface area contributed by atoms with E-state index in [4.69, 9.17) is 0 Å². The Morgan fingerprint density at radius 2 is 2.40 bits per heavy atom. The van der Waals surface area contributed by atoms with E-state index in [1.807, 2.05) is 7.05 Å². The van der Waals surface area contributed by atoms with Gasteiger partial charge in [-0.05, 0) is 5.21 Å². The van der Waals surface area contributed by atoms with Gasteiger partial charge in [-0.15, -0.1) is 10.2 Å². The Kier molecular flexibility index (Phi) is 0.913. The van der Waals surface area contributed by atoms with E-state index in [0.717, 1.165) is 11.2 Å². The molecule has 2 aromatic heterocycles. The lowest BCUT2D eigenvalue weighted by Gasteiger charge is -1.86. The van der Waals surface area contributed by atoms with Gasteiger partial charge in [-0.2, -0.15) is 0 Å². The monoisotopic (exact) mass is 135 g/mol. The van der Waals surface area contributed by atoms with Crippen molar-refractivity contribution in [3.8, 4) is 0 Å². The fourth-order valence-corrected chi connectivity index (χ4v) is 0.803. The Balaban J connectivity index is 2.93. The zero-order valence-corrected chi connectivity index (χ0v) is 5.39. The maximum Gasteiger partial charge on any atom is 0.185 e. The lowest BCUT2D eigenvalue weighted by molar-refractivity contribution is 0.850. The third-order valence-corrected chi connectivity index (χ3v) is 1.30. The molecule has 2 heterocycles. The van der Waals surface area contributed by atoms with Crippen molar-refractivity contribution < 1.29 is 0 Å². The summed E-state index contributed by atoms with van der Waals surface area (Å²) in [6, 6.07) is 0. The molecular weight excluding hydrogens is 130 g/mol. The molecule has 0 amide bonds. The van der Waals surface area contributed by atoms with Crippen molar-refractivity contribution >= 4 is 11.2 Å². The topological polar surface area (TPSA) is 56.5 Å². The summed E-state index contributed by atoms with van der Waals surface area (Å²) in [7, 11) is 1.87. The van der Waals surface area contributed by atoms with Crippen LogP contribution in [0.4, 0.5) is 0 Å². The predicted molar refractivity (Wildman–Crippen MR) is 34.1 cm³/mol. The van der Waals surface area contributed by atoms with Crippen LogP contribution in [0.3, 0.4) is 0 Å². The summed E-state index contributed by atoms with van der Waals surface area (Å²) in [5, 5.41) is 10.9. The molecule has 0 atom stereocenters. The highest BCUT2D eigenvalue weighted by atomic mass is 15.3. The van der Waals surface area contributed by atoms with Crippen molar-refractivity contribution in [1.29, 1.82) is 0 Å². The molecule has 0 saturated heterocycles. The van der Waals surface area contributed by atoms with Crippen LogP contribution in [-0.4, -0.2) is 25.0 Å². The van der Waals surface area contributed by atoms with Gasteiger partial charge in [0, 0.05) is 7.05 Å². The van der Waals surface area contributed by atoms with Crippen LogP contribution in [0.5, 0.6) is 0 Å². The normalized spacial score (nSPS) is 10.5. The first-order valence-electron chi connectivity index (χ1n) is 2.83. The van der Waals surface area contributed by atoms with Gasteiger partial charge >= 0.3 is 0 Å². The number of fused-ring (bicyclic) bond motifs is 1. The van der Waals surface area contributed by atoms with Crippen LogP contribution in [0.15, 0.2) is 12.5 Å². The summed E-state index contributed by atoms with van der Waals surface area (Å²) in [6.45, 7) is 0. The van der Waals surface area contributed by atoms with Crippen LogP contribution < -0.4 is 0 Å². The van der Waals surface area contributed by atoms with Crippen LogP contribution in [-0.2, 0) is 7.05 Å². The maximum atomic E-state index is 4.02. The summed E-state index contributed by atoms with van der Waals surface area (Å²) < 4.78 is 1.80. The molecule has 0 spiro atoms. The van der Waals surface area contributed by atoms with E-state index in [-0.39, 0.29) is 0 Å². The zero-order valence-electron chi connectivity index (χ0n) is 5.39. The Morgan fingerprint density at radius 3 is 3.20 bits per heavy atom. The first-order chi connectivity index (χ1) is 4.88. The SMILES string of the molecule is Cn1cnc2cnnnc21. The third-order valence-electron chi connectivity index (χ3n) is 1.30. The second-order valence-electron chi connectivity index (χ2n) is 2.00. The van der Waals surface area contributed by atoms with E-state index in [9.17, 15) is 0 Å². The van der Waals surface area contributed by atoms with E-state index < -0.39 is 0 Å². The quantitative estimate of drug-likeness (QED) is 0.500. The van der Waals surface area contributed by atoms with E-state index in [0.29, 0.717) is 0 Å². The average Bonchev–Trinajstić information content (AvgIpc) is 2.34. The van der Waals surface area contributed by atoms with Crippen LogP contribution in [0.1, 0.15) is 0 Å². The standard InChI is InChI=1S/C5H5N5/c1-10-3-6-4-2-7-9-8-5(4)10/h2-3H,1H3. The molecule has 0 aliphatic carbocycles. The molecular formula is C5H5N5. The molecule has 5 nitrogen and oxygen atoms in total. The summed E-state index contributed by atoms with van der Waals surface area (Å²) >= 11 is 0. The summed E-state index contributed by atoms with van der Waals surface area (Å²) in [4.78, 5) is 4.02. The fourth-order valence-electron chi connectivity index (χ4n) is 0.803. The molecule has 0 fully saturated rings. The molecule has 0 bridgehead atoms. The molecule has 0 saturated carbocycles. The molecule has 0 aromatic carbocycles. The van der Waals surface area contributed by atoms with Gasteiger partial charge in [0.15, 0.2) is 5.65 Å². The van der Waals surface area contributed by atoms with Gasteiger partial charge < -0.3 is 4.57 Å². The minimum absolute atomic E-state index is 0.759. The Bertz CT molecular complexity index is 352. The first-order valence-corrected chi connectivity index (χ1v) is 2.83. The van der Waals surface area contributed by atoms with Crippen molar-refractivity contribution in [2.75, 3.05) is 0 Å². The van der Waals surface area contributed by atoms with Gasteiger partial charge in [0.05, 0.1) is 12.5 Å². The Labute approximate surface area is 56.7 Å². The number of nitrogens with zero attached hydrogens (tertiary/aromatic N) is 5. The minimum Gasteiger partial charge on any atom is -0.317 e. The Morgan fingerprint density at radius 1 is 1.50 bits per heavy atom. The summed E-state index contributed by atoms with van der Waals surface area (Å²) in [5.74, 6) is 0. The second-order valence-corrected chi connectivity index (χ2v) is 2.00. The minimum atomic E-state index is 0.759. The van der Waals surface area contributed by atoms with Crippen molar-refractivity contribution in [1.82, 2.24) is 25.0 Å². The molecule has 0 N–H and O–H groups in total. The van der Waals surface area contributed by atoms with E-state index in [1.54, 1.807) is 17.1 Å². The number of imidazole rings is 1. The summed E-state index contributed by atoms with van der Waals surface area (Å²) in [5.41, 5.74) is 1.53. The fraction of sp³-hybridized carbons (Fsp3) is 0.200. The molecule has 0 aliphatic rings. The van der Waals surface area contributed by atoms with Gasteiger partial charge in [0.25, 0.3) is 0 Å². The van der Waals surface area contributed by atoms with Crippen LogP contribution in [0.25, 0.3) is 11.2 Å². The molecule has 0 aliphatic heterocycles. The van der Waals surface area contributed by atoms with Gasteiger partial charge in [-0.1, -0.05) is 0 Å². The highest BCUT2D eigenvalue weighted by molar-refractivity contribution is 5.67. The highest BCUT2D eigenvalue weighted by Crippen LogP contribution is 2.02. The van der Waals surface area contributed by atoms with E-state index in [1.165, 1.54) is 0 Å². The van der Waals surface area contributed by atoms with Crippen molar-refractivity contribution in [3.05, 3.63) is 12.5 Å². The van der Waals surface area contributed by atoms with E-state index >= 15 is 0 Å². The van der Waals surface area contributed by atoms with Crippen molar-refractivity contribution in [3.63, 3.8) is 0 Å². The Hall–Kier alpha value is -1.52. The molecule has 2 aromatic rings. The average molecular weight is 135 g/mol. The molecule has 5 heteroatoms. The highest BCUT2D eigenvalue weighted by Gasteiger charge is 1.98. The van der Waals surface area contributed by atoms with Gasteiger partial charge in [0.1, 0.15) is 5.52 Å². The number of hydrogen-bond donors (Lipinski definition) is 0. The molecule has 50 valence electrons. The second kappa shape index (κ2) is 1.73. The third kappa shape index (κ3) is 0.570. The van der Waals surface area contributed by atoms with Gasteiger partial charge in [0.2, 0.25) is 0 Å². The molecule has 0 unspecified atom stereocenters. The van der Waals surface area contributed by atoms with Crippen LogP contribution in [0.2, 0.25) is 0 Å². The van der Waals surface area contributed by atoms with Gasteiger partial charge in [-0.3, -0.25) is 0 Å². The van der Waals surface area contributed by atoms with Gasteiger partial charge in [-0.25, -0.2) is 4.98 Å². The molecule has 10 heavy (non-hydrogen) atoms. The predicted octanol–water partition coefficient (Wildman–Crippen LogP) is -0.242. The smallest absolute Gasteiger partial charge is 0.185 e. The summed E-state index contributed by atoms with van der Waals surface area (Å²) in [6.07, 6.45) is 3.27. The van der Waals surface area contributed by atoms with Crippen molar-refractivity contribution in [2.24, 2.45) is 7.05 Å². The number of aryl methyl sites for hydroxylation is 1. The first kappa shape index (κ1) is 5.28. The van der Waals surface area contributed by atoms with Crippen LogP contribution in [0, 0.1) is 0 Å². The zero-order chi connectivity index (χ0) is 6.97. The molecule has 2 rings (SSSR count). The molecule has 0 radical (unpaired) electrons. The number of aromatic nitrogens is 5. The number of rotatable bonds is 0. The van der Waals surface area contributed by atoms with E-state index in [2.05, 4.69) is 20.4 Å².